The summed E-state index contributed by atoms with van der Waals surface area (Å²) >= 11 is 0. The highest BCUT2D eigenvalue weighted by Gasteiger charge is 2.43. The molecule has 0 aromatic heterocycles. The number of aliphatic hydroxyl groups is 1. The molecule has 2 bridgehead atoms. The second kappa shape index (κ2) is 4.22. The minimum atomic E-state index is 0.000278. The predicted molar refractivity (Wildman–Crippen MR) is 59.0 cm³/mol. The molecule has 0 spiro atoms. The highest BCUT2D eigenvalue weighted by Crippen LogP contribution is 2.50. The summed E-state index contributed by atoms with van der Waals surface area (Å²) in [5.41, 5.74) is 0. The van der Waals surface area contributed by atoms with Crippen LogP contribution in [-0.4, -0.2) is 11.2 Å². The normalized spacial score (nSPS) is 38.1. The van der Waals surface area contributed by atoms with E-state index in [0.717, 1.165) is 24.7 Å². The average molecular weight is 196 g/mol. The lowest BCUT2D eigenvalue weighted by molar-refractivity contribution is 0.0220. The Bertz CT molecular complexity index is 186. The van der Waals surface area contributed by atoms with Crippen LogP contribution in [-0.2, 0) is 0 Å². The molecule has 4 unspecified atom stereocenters. The van der Waals surface area contributed by atoms with Gasteiger partial charge in [-0.1, -0.05) is 33.1 Å². The Morgan fingerprint density at radius 2 is 1.86 bits per heavy atom. The van der Waals surface area contributed by atoms with Crippen molar-refractivity contribution in [1.82, 2.24) is 0 Å². The monoisotopic (exact) mass is 196 g/mol. The van der Waals surface area contributed by atoms with Gasteiger partial charge < -0.3 is 5.11 Å². The van der Waals surface area contributed by atoms with Crippen molar-refractivity contribution in [3.8, 4) is 0 Å². The summed E-state index contributed by atoms with van der Waals surface area (Å²) in [5, 5.41) is 10.3. The minimum Gasteiger partial charge on any atom is -0.393 e. The summed E-state index contributed by atoms with van der Waals surface area (Å²) in [6, 6.07) is 0. The maximum atomic E-state index is 10.3. The number of rotatable bonds is 4. The van der Waals surface area contributed by atoms with Crippen molar-refractivity contribution in [2.24, 2.45) is 23.7 Å². The maximum absolute atomic E-state index is 10.3. The summed E-state index contributed by atoms with van der Waals surface area (Å²) in [4.78, 5) is 0. The summed E-state index contributed by atoms with van der Waals surface area (Å²) in [6.07, 6.45) is 7.87. The summed E-state index contributed by atoms with van der Waals surface area (Å²) in [5.74, 6) is 3.04. The lowest BCUT2D eigenvalue weighted by atomic mass is 9.78. The first-order valence-electron chi connectivity index (χ1n) is 6.44. The molecular weight excluding hydrogens is 172 g/mol. The van der Waals surface area contributed by atoms with Crippen molar-refractivity contribution in [2.75, 3.05) is 0 Å². The molecule has 2 rings (SSSR count). The molecule has 2 fully saturated rings. The van der Waals surface area contributed by atoms with Gasteiger partial charge in [0.05, 0.1) is 6.10 Å². The molecule has 1 N–H and O–H groups in total. The smallest absolute Gasteiger partial charge is 0.0599 e. The van der Waals surface area contributed by atoms with Crippen molar-refractivity contribution in [3.05, 3.63) is 0 Å². The molecule has 1 nitrogen and oxygen atoms in total. The van der Waals surface area contributed by atoms with Gasteiger partial charge in [0, 0.05) is 0 Å². The van der Waals surface area contributed by atoms with Crippen LogP contribution in [0.4, 0.5) is 0 Å². The van der Waals surface area contributed by atoms with Crippen molar-refractivity contribution in [2.45, 2.75) is 58.5 Å². The molecule has 14 heavy (non-hydrogen) atoms. The third-order valence-corrected chi connectivity index (χ3v) is 4.76. The average Bonchev–Trinajstić information content (AvgIpc) is 2.80. The van der Waals surface area contributed by atoms with Crippen LogP contribution in [0.2, 0.25) is 0 Å². The van der Waals surface area contributed by atoms with E-state index in [1.54, 1.807) is 0 Å². The van der Waals surface area contributed by atoms with Gasteiger partial charge in [-0.3, -0.25) is 0 Å². The van der Waals surface area contributed by atoms with Crippen LogP contribution in [0.25, 0.3) is 0 Å². The van der Waals surface area contributed by atoms with Gasteiger partial charge in [-0.15, -0.1) is 0 Å². The molecule has 82 valence electrons. The van der Waals surface area contributed by atoms with E-state index in [-0.39, 0.29) is 6.10 Å². The Kier molecular flexibility index (Phi) is 3.16. The molecule has 0 heterocycles. The highest BCUT2D eigenvalue weighted by atomic mass is 16.3. The number of hydrogen-bond acceptors (Lipinski definition) is 1. The van der Waals surface area contributed by atoms with Crippen molar-refractivity contribution < 1.29 is 5.11 Å². The highest BCUT2D eigenvalue weighted by molar-refractivity contribution is 4.94. The Hall–Kier alpha value is -0.0400. The number of hydrogen-bond donors (Lipinski definition) is 1. The Labute approximate surface area is 87.9 Å². The van der Waals surface area contributed by atoms with Gasteiger partial charge in [0.1, 0.15) is 0 Å². The largest absolute Gasteiger partial charge is 0.393 e. The van der Waals surface area contributed by atoms with E-state index >= 15 is 0 Å². The minimum absolute atomic E-state index is 0.000278. The van der Waals surface area contributed by atoms with E-state index in [4.69, 9.17) is 0 Å². The predicted octanol–water partition coefficient (Wildman–Crippen LogP) is 3.22. The molecule has 2 saturated carbocycles. The van der Waals surface area contributed by atoms with Crippen molar-refractivity contribution in [1.29, 1.82) is 0 Å². The Morgan fingerprint density at radius 3 is 2.29 bits per heavy atom. The molecular formula is C13H24O. The van der Waals surface area contributed by atoms with Crippen LogP contribution >= 0.6 is 0 Å². The zero-order chi connectivity index (χ0) is 10.1. The standard InChI is InChI=1S/C13H24O/c1-3-10(4-2)13(14)12-8-9-5-6-11(12)7-9/h9-14H,3-8H2,1-2H3. The molecule has 4 atom stereocenters. The first-order valence-corrected chi connectivity index (χ1v) is 6.44. The Morgan fingerprint density at radius 1 is 1.14 bits per heavy atom. The fourth-order valence-electron chi connectivity index (χ4n) is 3.83. The SMILES string of the molecule is CCC(CC)C(O)C1CC2CCC1C2. The van der Waals surface area contributed by atoms with E-state index in [1.165, 1.54) is 25.7 Å². The lowest BCUT2D eigenvalue weighted by Gasteiger charge is -2.31. The molecule has 0 aliphatic heterocycles. The molecule has 2 aliphatic carbocycles. The van der Waals surface area contributed by atoms with Gasteiger partial charge in [-0.25, -0.2) is 0 Å². The number of aliphatic hydroxyl groups excluding tert-OH is 1. The molecule has 0 amide bonds. The molecule has 0 radical (unpaired) electrons. The fourth-order valence-corrected chi connectivity index (χ4v) is 3.83. The Balaban J connectivity index is 1.94. The quantitative estimate of drug-likeness (QED) is 0.732. The zero-order valence-electron chi connectivity index (χ0n) is 9.58. The number of fused-ring (bicyclic) bond motifs is 2. The van der Waals surface area contributed by atoms with Crippen LogP contribution in [0.1, 0.15) is 52.4 Å². The zero-order valence-corrected chi connectivity index (χ0v) is 9.58. The van der Waals surface area contributed by atoms with Gasteiger partial charge >= 0.3 is 0 Å². The van der Waals surface area contributed by atoms with E-state index in [9.17, 15) is 5.11 Å². The molecule has 0 aromatic carbocycles. The van der Waals surface area contributed by atoms with Crippen LogP contribution in [0, 0.1) is 23.7 Å². The third kappa shape index (κ3) is 1.71. The third-order valence-electron chi connectivity index (χ3n) is 4.76. The van der Waals surface area contributed by atoms with E-state index in [0.29, 0.717) is 11.8 Å². The van der Waals surface area contributed by atoms with Gasteiger partial charge in [0.2, 0.25) is 0 Å². The van der Waals surface area contributed by atoms with Gasteiger partial charge in [-0.2, -0.15) is 0 Å². The first kappa shape index (κ1) is 10.5. The van der Waals surface area contributed by atoms with Gasteiger partial charge in [0.15, 0.2) is 0 Å². The van der Waals surface area contributed by atoms with Gasteiger partial charge in [0.25, 0.3) is 0 Å². The maximum Gasteiger partial charge on any atom is 0.0599 e. The van der Waals surface area contributed by atoms with Crippen LogP contribution in [0.3, 0.4) is 0 Å². The van der Waals surface area contributed by atoms with E-state index in [2.05, 4.69) is 13.8 Å². The lowest BCUT2D eigenvalue weighted by Crippen LogP contribution is -2.32. The second-order valence-electron chi connectivity index (χ2n) is 5.41. The fraction of sp³-hybridized carbons (Fsp3) is 1.00. The van der Waals surface area contributed by atoms with Crippen LogP contribution in [0.15, 0.2) is 0 Å². The van der Waals surface area contributed by atoms with Crippen molar-refractivity contribution >= 4 is 0 Å². The van der Waals surface area contributed by atoms with Crippen LogP contribution < -0.4 is 0 Å². The van der Waals surface area contributed by atoms with Crippen LogP contribution in [0.5, 0.6) is 0 Å². The van der Waals surface area contributed by atoms with Crippen molar-refractivity contribution in [3.63, 3.8) is 0 Å². The van der Waals surface area contributed by atoms with Gasteiger partial charge in [-0.05, 0) is 42.9 Å². The summed E-state index contributed by atoms with van der Waals surface area (Å²) in [7, 11) is 0. The summed E-state index contributed by atoms with van der Waals surface area (Å²) < 4.78 is 0. The topological polar surface area (TPSA) is 20.2 Å². The molecule has 0 saturated heterocycles. The summed E-state index contributed by atoms with van der Waals surface area (Å²) in [6.45, 7) is 4.43. The van der Waals surface area contributed by atoms with E-state index < -0.39 is 0 Å². The molecule has 0 aromatic rings. The second-order valence-corrected chi connectivity index (χ2v) is 5.41. The molecule has 2 aliphatic rings. The van der Waals surface area contributed by atoms with E-state index in [1.807, 2.05) is 0 Å². The molecule has 1 heteroatoms. The first-order chi connectivity index (χ1) is 6.76.